The first-order valence-electron chi connectivity index (χ1n) is 9.46. The Bertz CT molecular complexity index is 931. The van der Waals surface area contributed by atoms with Crippen molar-refractivity contribution < 1.29 is 4.74 Å². The van der Waals surface area contributed by atoms with E-state index in [4.69, 9.17) is 16.3 Å². The lowest BCUT2D eigenvalue weighted by Crippen LogP contribution is -2.36. The summed E-state index contributed by atoms with van der Waals surface area (Å²) in [6.45, 7) is 2.53. The van der Waals surface area contributed by atoms with Crippen LogP contribution in [0, 0.1) is 5.92 Å². The summed E-state index contributed by atoms with van der Waals surface area (Å²) in [5.41, 5.74) is 2.04. The summed E-state index contributed by atoms with van der Waals surface area (Å²) < 4.78 is 7.81. The minimum absolute atomic E-state index is 0.510. The second-order valence-corrected chi connectivity index (χ2v) is 7.79. The van der Waals surface area contributed by atoms with Crippen LogP contribution in [0.2, 0.25) is 5.02 Å². The number of aromatic nitrogens is 5. The van der Waals surface area contributed by atoms with Gasteiger partial charge in [0.15, 0.2) is 5.65 Å². The van der Waals surface area contributed by atoms with E-state index in [1.807, 2.05) is 22.8 Å². The minimum atomic E-state index is 0.510. The predicted octanol–water partition coefficient (Wildman–Crippen LogP) is 3.35. The number of hydrogen-bond donors (Lipinski definition) is 0. The van der Waals surface area contributed by atoms with Crippen LogP contribution in [0.1, 0.15) is 37.3 Å². The van der Waals surface area contributed by atoms with Gasteiger partial charge in [-0.1, -0.05) is 11.6 Å². The van der Waals surface area contributed by atoms with Gasteiger partial charge in [-0.3, -0.25) is 0 Å². The van der Waals surface area contributed by atoms with Crippen LogP contribution in [0.15, 0.2) is 30.7 Å². The van der Waals surface area contributed by atoms with E-state index in [0.717, 1.165) is 43.2 Å². The van der Waals surface area contributed by atoms with Crippen molar-refractivity contribution in [1.82, 2.24) is 24.6 Å². The molecule has 8 heteroatoms. The van der Waals surface area contributed by atoms with Gasteiger partial charge in [0, 0.05) is 25.1 Å². The molecule has 140 valence electrons. The lowest BCUT2D eigenvalue weighted by molar-refractivity contribution is 0.213. The van der Waals surface area contributed by atoms with Crippen LogP contribution in [0.5, 0.6) is 5.88 Å². The summed E-state index contributed by atoms with van der Waals surface area (Å²) in [5.74, 6) is 2.55. The van der Waals surface area contributed by atoms with Crippen molar-refractivity contribution in [3.63, 3.8) is 0 Å². The molecule has 1 saturated carbocycles. The van der Waals surface area contributed by atoms with E-state index < -0.39 is 0 Å². The normalized spacial score (nSPS) is 18.2. The summed E-state index contributed by atoms with van der Waals surface area (Å²) in [6, 6.07) is 3.89. The monoisotopic (exact) mass is 384 g/mol. The van der Waals surface area contributed by atoms with Crippen molar-refractivity contribution in [3.8, 4) is 5.88 Å². The summed E-state index contributed by atoms with van der Waals surface area (Å²) in [7, 11) is 0. The smallest absolute Gasteiger partial charge is 0.231 e. The Morgan fingerprint density at radius 3 is 2.59 bits per heavy atom. The number of nitrogens with zero attached hydrogens (tertiary/aromatic N) is 6. The Morgan fingerprint density at radius 1 is 1.07 bits per heavy atom. The second kappa shape index (κ2) is 6.96. The fraction of sp³-hybridized carbons (Fsp3) is 0.474. The SMILES string of the molecule is Clc1cnc(N2CCC(COc3ccc4nc(C5CC5)cn4n3)CC2)nc1. The largest absolute Gasteiger partial charge is 0.476 e. The zero-order valence-corrected chi connectivity index (χ0v) is 15.7. The third kappa shape index (κ3) is 3.69. The number of halogens is 1. The minimum Gasteiger partial charge on any atom is -0.476 e. The molecule has 1 aliphatic heterocycles. The fourth-order valence-corrected chi connectivity index (χ4v) is 3.60. The molecule has 0 atom stereocenters. The molecule has 3 aromatic rings. The van der Waals surface area contributed by atoms with E-state index in [2.05, 4.69) is 25.0 Å². The Balaban J connectivity index is 1.16. The summed E-state index contributed by atoms with van der Waals surface area (Å²) in [4.78, 5) is 15.4. The molecule has 27 heavy (non-hydrogen) atoms. The average Bonchev–Trinajstić information content (AvgIpc) is 3.47. The van der Waals surface area contributed by atoms with E-state index in [-0.39, 0.29) is 0 Å². The molecular formula is C19H21ClN6O. The van der Waals surface area contributed by atoms with Crippen molar-refractivity contribution in [3.05, 3.63) is 41.4 Å². The second-order valence-electron chi connectivity index (χ2n) is 7.36. The van der Waals surface area contributed by atoms with Crippen molar-refractivity contribution in [2.24, 2.45) is 5.92 Å². The number of anilines is 1. The van der Waals surface area contributed by atoms with Crippen molar-refractivity contribution >= 4 is 23.2 Å². The van der Waals surface area contributed by atoms with E-state index in [1.54, 1.807) is 12.4 Å². The number of imidazole rings is 1. The highest BCUT2D eigenvalue weighted by molar-refractivity contribution is 6.30. The van der Waals surface area contributed by atoms with Gasteiger partial charge in [0.25, 0.3) is 0 Å². The molecule has 7 nitrogen and oxygen atoms in total. The van der Waals surface area contributed by atoms with Gasteiger partial charge in [-0.05, 0) is 37.7 Å². The topological polar surface area (TPSA) is 68.4 Å². The maximum atomic E-state index is 5.97. The van der Waals surface area contributed by atoms with Crippen molar-refractivity contribution in [2.75, 3.05) is 24.6 Å². The standard InChI is InChI=1S/C19H21ClN6O/c20-15-9-21-19(22-10-15)25-7-5-13(6-8-25)12-27-18-4-3-17-23-16(14-1-2-14)11-26(17)24-18/h3-4,9-11,13-14H,1-2,5-8,12H2. The van der Waals surface area contributed by atoms with Gasteiger partial charge >= 0.3 is 0 Å². The van der Waals surface area contributed by atoms with Crippen LogP contribution in [0.4, 0.5) is 5.95 Å². The quantitative estimate of drug-likeness (QED) is 0.672. The van der Waals surface area contributed by atoms with Crippen LogP contribution >= 0.6 is 11.6 Å². The van der Waals surface area contributed by atoms with Gasteiger partial charge in [-0.25, -0.2) is 19.5 Å². The molecule has 2 aliphatic rings. The van der Waals surface area contributed by atoms with Gasteiger partial charge in [0.2, 0.25) is 11.8 Å². The van der Waals surface area contributed by atoms with Crippen molar-refractivity contribution in [2.45, 2.75) is 31.6 Å². The molecule has 0 unspecified atom stereocenters. The molecule has 4 heterocycles. The van der Waals surface area contributed by atoms with Crippen LogP contribution in [-0.4, -0.2) is 44.3 Å². The Labute approximate surface area is 162 Å². The molecule has 0 aromatic carbocycles. The first-order chi connectivity index (χ1) is 13.2. The molecule has 1 aliphatic carbocycles. The average molecular weight is 385 g/mol. The lowest BCUT2D eigenvalue weighted by Gasteiger charge is -2.31. The fourth-order valence-electron chi connectivity index (χ4n) is 3.51. The van der Waals surface area contributed by atoms with E-state index in [1.165, 1.54) is 12.8 Å². The molecule has 3 aromatic heterocycles. The highest BCUT2D eigenvalue weighted by Gasteiger charge is 2.26. The predicted molar refractivity (Wildman–Crippen MR) is 102 cm³/mol. The molecule has 2 fully saturated rings. The molecular weight excluding hydrogens is 364 g/mol. The van der Waals surface area contributed by atoms with E-state index >= 15 is 0 Å². The van der Waals surface area contributed by atoms with Crippen molar-refractivity contribution in [1.29, 1.82) is 0 Å². The third-order valence-corrected chi connectivity index (χ3v) is 5.48. The summed E-state index contributed by atoms with van der Waals surface area (Å²) in [5, 5.41) is 5.11. The number of hydrogen-bond acceptors (Lipinski definition) is 6. The molecule has 5 rings (SSSR count). The Kier molecular flexibility index (Phi) is 4.32. The molecule has 1 saturated heterocycles. The third-order valence-electron chi connectivity index (χ3n) is 5.28. The zero-order valence-electron chi connectivity index (χ0n) is 15.0. The zero-order chi connectivity index (χ0) is 18.2. The van der Waals surface area contributed by atoms with Crippen LogP contribution in [0.3, 0.4) is 0 Å². The van der Waals surface area contributed by atoms with Gasteiger partial charge < -0.3 is 9.64 Å². The van der Waals surface area contributed by atoms with Gasteiger partial charge in [-0.2, -0.15) is 0 Å². The lowest BCUT2D eigenvalue weighted by atomic mass is 9.98. The van der Waals surface area contributed by atoms with E-state index in [9.17, 15) is 0 Å². The van der Waals surface area contributed by atoms with Crippen LogP contribution in [0.25, 0.3) is 5.65 Å². The van der Waals surface area contributed by atoms with Crippen LogP contribution < -0.4 is 9.64 Å². The summed E-state index contributed by atoms with van der Waals surface area (Å²) in [6.07, 6.45) is 9.90. The van der Waals surface area contributed by atoms with Gasteiger partial charge in [0.05, 0.1) is 35.9 Å². The van der Waals surface area contributed by atoms with Crippen LogP contribution in [-0.2, 0) is 0 Å². The highest BCUT2D eigenvalue weighted by atomic mass is 35.5. The van der Waals surface area contributed by atoms with Gasteiger partial charge in [-0.15, -0.1) is 5.10 Å². The molecule has 0 bridgehead atoms. The maximum Gasteiger partial charge on any atom is 0.231 e. The molecule has 0 amide bonds. The number of piperidine rings is 1. The van der Waals surface area contributed by atoms with Gasteiger partial charge in [0.1, 0.15) is 0 Å². The van der Waals surface area contributed by atoms with E-state index in [0.29, 0.717) is 29.3 Å². The maximum absolute atomic E-state index is 5.97. The summed E-state index contributed by atoms with van der Waals surface area (Å²) >= 11 is 5.86. The number of fused-ring (bicyclic) bond motifs is 1. The Morgan fingerprint density at radius 2 is 1.85 bits per heavy atom. The highest BCUT2D eigenvalue weighted by Crippen LogP contribution is 2.39. The number of rotatable bonds is 5. The Hall–Kier alpha value is -2.41. The number of ether oxygens (including phenoxy) is 1. The molecule has 0 N–H and O–H groups in total. The molecule has 0 radical (unpaired) electrons. The molecule has 0 spiro atoms. The first kappa shape index (κ1) is 16.7. The first-order valence-corrected chi connectivity index (χ1v) is 9.84.